The van der Waals surface area contributed by atoms with Crippen LogP contribution in [-0.2, 0) is 13.0 Å². The molecule has 2 unspecified atom stereocenters. The predicted octanol–water partition coefficient (Wildman–Crippen LogP) is 3.37. The van der Waals surface area contributed by atoms with Gasteiger partial charge in [-0.1, -0.05) is 36.4 Å². The molecule has 3 aliphatic rings. The summed E-state index contributed by atoms with van der Waals surface area (Å²) in [5.74, 6) is 1.56. The molecule has 7 heteroatoms. The zero-order valence-electron chi connectivity index (χ0n) is 19.7. The van der Waals surface area contributed by atoms with Crippen molar-refractivity contribution in [3.63, 3.8) is 0 Å². The number of fused-ring (bicyclic) bond motifs is 3. The standard InChI is InChI=1S/C28H31N5O2/c34-28(21-7-11-27(31-15-21)30-14-19-4-2-1-3-5-19)32-22-12-20-6-8-23(13-26(20)35-18-22)33-24-9-10-25(33)17-29-16-24/h1-8,11,13,15,22,24-25,29H,9-10,12,14,16-18H2,(H,30,31)(H,32,34)/t22-,24?,25?/m1/s1. The van der Waals surface area contributed by atoms with E-state index in [0.717, 1.165) is 36.6 Å². The third kappa shape index (κ3) is 4.68. The zero-order chi connectivity index (χ0) is 23.6. The van der Waals surface area contributed by atoms with E-state index in [2.05, 4.69) is 56.2 Å². The van der Waals surface area contributed by atoms with Gasteiger partial charge in [-0.25, -0.2) is 4.98 Å². The highest BCUT2D eigenvalue weighted by molar-refractivity contribution is 5.94. The molecule has 1 amide bonds. The lowest BCUT2D eigenvalue weighted by Gasteiger charge is -2.38. The van der Waals surface area contributed by atoms with Gasteiger partial charge in [0, 0.05) is 49.7 Å². The second kappa shape index (κ2) is 9.58. The fourth-order valence-electron chi connectivity index (χ4n) is 5.50. The summed E-state index contributed by atoms with van der Waals surface area (Å²) in [4.78, 5) is 19.8. The number of hydrogen-bond acceptors (Lipinski definition) is 6. The highest BCUT2D eigenvalue weighted by Gasteiger charge is 2.37. The van der Waals surface area contributed by atoms with E-state index in [9.17, 15) is 4.79 Å². The summed E-state index contributed by atoms with van der Waals surface area (Å²) in [6, 6.07) is 21.5. The van der Waals surface area contributed by atoms with E-state index < -0.39 is 0 Å². The first-order chi connectivity index (χ1) is 17.2. The van der Waals surface area contributed by atoms with Crippen LogP contribution in [0.4, 0.5) is 11.5 Å². The first-order valence-corrected chi connectivity index (χ1v) is 12.5. The minimum Gasteiger partial charge on any atom is -0.491 e. The van der Waals surface area contributed by atoms with Crippen LogP contribution in [0.5, 0.6) is 5.75 Å². The first kappa shape index (κ1) is 21.9. The molecule has 180 valence electrons. The molecule has 3 aromatic rings. The molecule has 3 aliphatic heterocycles. The Kier molecular flexibility index (Phi) is 6.00. The number of nitrogens with zero attached hydrogens (tertiary/aromatic N) is 2. The minimum atomic E-state index is -0.127. The molecule has 35 heavy (non-hydrogen) atoms. The van der Waals surface area contributed by atoms with Crippen LogP contribution in [0.1, 0.15) is 34.3 Å². The van der Waals surface area contributed by atoms with Gasteiger partial charge in [-0.3, -0.25) is 4.79 Å². The lowest BCUT2D eigenvalue weighted by atomic mass is 10.0. The number of ether oxygens (including phenoxy) is 1. The SMILES string of the molecule is O=C(N[C@H]1COc2cc(N3C4CCC3CNC4)ccc2C1)c1ccc(NCc2ccccc2)nc1. The second-order valence-electron chi connectivity index (χ2n) is 9.70. The van der Waals surface area contributed by atoms with Gasteiger partial charge in [-0.05, 0) is 48.6 Å². The van der Waals surface area contributed by atoms with Crippen molar-refractivity contribution in [2.45, 2.75) is 43.9 Å². The van der Waals surface area contributed by atoms with Crippen molar-refractivity contribution >= 4 is 17.4 Å². The fourth-order valence-corrected chi connectivity index (χ4v) is 5.50. The molecule has 3 atom stereocenters. The molecule has 2 fully saturated rings. The zero-order valence-corrected chi connectivity index (χ0v) is 19.7. The number of pyridine rings is 1. The van der Waals surface area contributed by atoms with Crippen molar-refractivity contribution in [3.8, 4) is 5.75 Å². The number of hydrogen-bond donors (Lipinski definition) is 3. The molecule has 1 aromatic heterocycles. The maximum atomic E-state index is 12.8. The van der Waals surface area contributed by atoms with Crippen molar-refractivity contribution < 1.29 is 9.53 Å². The third-order valence-corrected chi connectivity index (χ3v) is 7.31. The Labute approximate surface area is 205 Å². The van der Waals surface area contributed by atoms with Crippen LogP contribution in [0.3, 0.4) is 0 Å². The first-order valence-electron chi connectivity index (χ1n) is 12.5. The van der Waals surface area contributed by atoms with Crippen LogP contribution in [0.25, 0.3) is 0 Å². The van der Waals surface area contributed by atoms with Crippen molar-refractivity contribution in [1.29, 1.82) is 0 Å². The summed E-state index contributed by atoms with van der Waals surface area (Å²) >= 11 is 0. The maximum absolute atomic E-state index is 12.8. The van der Waals surface area contributed by atoms with Gasteiger partial charge in [-0.15, -0.1) is 0 Å². The van der Waals surface area contributed by atoms with Gasteiger partial charge in [0.2, 0.25) is 0 Å². The Hall–Kier alpha value is -3.58. The molecule has 0 aliphatic carbocycles. The molecule has 4 heterocycles. The lowest BCUT2D eigenvalue weighted by Crippen LogP contribution is -2.52. The maximum Gasteiger partial charge on any atom is 0.253 e. The fraction of sp³-hybridized carbons (Fsp3) is 0.357. The van der Waals surface area contributed by atoms with E-state index in [1.165, 1.54) is 24.1 Å². The van der Waals surface area contributed by atoms with E-state index in [1.807, 2.05) is 24.3 Å². The van der Waals surface area contributed by atoms with Gasteiger partial charge in [-0.2, -0.15) is 0 Å². The summed E-state index contributed by atoms with van der Waals surface area (Å²) in [5, 5.41) is 9.94. The van der Waals surface area contributed by atoms with Gasteiger partial charge in [0.15, 0.2) is 0 Å². The Bertz CT molecular complexity index is 1170. The van der Waals surface area contributed by atoms with Crippen LogP contribution < -0.4 is 25.6 Å². The van der Waals surface area contributed by atoms with Crippen molar-refractivity contribution in [2.24, 2.45) is 0 Å². The molecular weight excluding hydrogens is 438 g/mol. The Morgan fingerprint density at radius 1 is 1.06 bits per heavy atom. The number of piperazine rings is 1. The molecule has 3 N–H and O–H groups in total. The Balaban J connectivity index is 1.05. The van der Waals surface area contributed by atoms with Crippen molar-refractivity contribution in [3.05, 3.63) is 83.6 Å². The Morgan fingerprint density at radius 3 is 2.66 bits per heavy atom. The molecule has 6 rings (SSSR count). The summed E-state index contributed by atoms with van der Waals surface area (Å²) < 4.78 is 6.11. The summed E-state index contributed by atoms with van der Waals surface area (Å²) in [7, 11) is 0. The highest BCUT2D eigenvalue weighted by Crippen LogP contribution is 2.36. The van der Waals surface area contributed by atoms with Crippen LogP contribution in [0.15, 0.2) is 66.9 Å². The number of amides is 1. The molecule has 2 aromatic carbocycles. The number of rotatable bonds is 6. The quantitative estimate of drug-likeness (QED) is 0.514. The number of carbonyl (C=O) groups excluding carboxylic acids is 1. The van der Waals surface area contributed by atoms with Gasteiger partial charge in [0.05, 0.1) is 11.6 Å². The largest absolute Gasteiger partial charge is 0.491 e. The van der Waals surface area contributed by atoms with E-state index in [1.54, 1.807) is 12.3 Å². The number of nitrogens with one attached hydrogen (secondary N) is 3. The van der Waals surface area contributed by atoms with Crippen molar-refractivity contribution in [2.75, 3.05) is 29.9 Å². The molecule has 2 bridgehead atoms. The van der Waals surface area contributed by atoms with Gasteiger partial charge in [0.25, 0.3) is 5.91 Å². The number of carbonyl (C=O) groups is 1. The third-order valence-electron chi connectivity index (χ3n) is 7.31. The van der Waals surface area contributed by atoms with E-state index in [-0.39, 0.29) is 11.9 Å². The van der Waals surface area contributed by atoms with E-state index in [4.69, 9.17) is 4.74 Å². The van der Waals surface area contributed by atoms with E-state index in [0.29, 0.717) is 30.8 Å². The van der Waals surface area contributed by atoms with Crippen LogP contribution >= 0.6 is 0 Å². The predicted molar refractivity (Wildman–Crippen MR) is 137 cm³/mol. The van der Waals surface area contributed by atoms with Gasteiger partial charge in [0.1, 0.15) is 18.2 Å². The van der Waals surface area contributed by atoms with Crippen LogP contribution in [0.2, 0.25) is 0 Å². The van der Waals surface area contributed by atoms with Crippen LogP contribution in [0, 0.1) is 0 Å². The number of anilines is 2. The van der Waals surface area contributed by atoms with Gasteiger partial charge < -0.3 is 25.6 Å². The summed E-state index contributed by atoms with van der Waals surface area (Å²) in [5.41, 5.74) is 4.13. The molecule has 2 saturated heterocycles. The lowest BCUT2D eigenvalue weighted by molar-refractivity contribution is 0.0915. The van der Waals surface area contributed by atoms with Gasteiger partial charge >= 0.3 is 0 Å². The number of aromatic nitrogens is 1. The highest BCUT2D eigenvalue weighted by atomic mass is 16.5. The van der Waals surface area contributed by atoms with E-state index >= 15 is 0 Å². The molecule has 0 radical (unpaired) electrons. The average Bonchev–Trinajstić information content (AvgIpc) is 3.15. The summed E-state index contributed by atoms with van der Waals surface area (Å²) in [6.45, 7) is 3.28. The molecular formula is C28H31N5O2. The molecule has 7 nitrogen and oxygen atoms in total. The monoisotopic (exact) mass is 469 g/mol. The normalized spacial score (nSPS) is 22.7. The van der Waals surface area contributed by atoms with Crippen LogP contribution in [-0.4, -0.2) is 48.7 Å². The molecule has 0 saturated carbocycles. The average molecular weight is 470 g/mol. The van der Waals surface area contributed by atoms with Crippen molar-refractivity contribution in [1.82, 2.24) is 15.6 Å². The number of benzene rings is 2. The topological polar surface area (TPSA) is 78.5 Å². The minimum absolute atomic E-state index is 0.0629. The smallest absolute Gasteiger partial charge is 0.253 e. The Morgan fingerprint density at radius 2 is 1.89 bits per heavy atom. The summed E-state index contributed by atoms with van der Waals surface area (Å²) in [6.07, 6.45) is 4.89. The second-order valence-corrected chi connectivity index (χ2v) is 9.70. The molecule has 0 spiro atoms.